The molecule has 0 aliphatic carbocycles. The first-order valence-electron chi connectivity index (χ1n) is 4.04. The van der Waals surface area contributed by atoms with Crippen molar-refractivity contribution in [2.24, 2.45) is 5.92 Å². The molecule has 0 amide bonds. The number of aromatic nitrogens is 1. The number of nitrogen functional groups attached to an aromatic ring is 1. The molecule has 12 heavy (non-hydrogen) atoms. The van der Waals surface area contributed by atoms with Crippen LogP contribution < -0.4 is 5.73 Å². The first kappa shape index (κ1) is 8.84. The molecule has 0 aliphatic heterocycles. The Hall–Kier alpha value is -1.25. The van der Waals surface area contributed by atoms with Gasteiger partial charge in [0.1, 0.15) is 0 Å². The summed E-state index contributed by atoms with van der Waals surface area (Å²) in [5, 5.41) is 9.09. The van der Waals surface area contributed by atoms with Crippen LogP contribution in [0.25, 0.3) is 0 Å². The maximum Gasteiger partial charge on any atom is 0.166 e. The van der Waals surface area contributed by atoms with Gasteiger partial charge in [-0.2, -0.15) is 0 Å². The molecule has 3 heteroatoms. The maximum absolute atomic E-state index is 9.09. The Labute approximate surface area is 72.2 Å². The highest BCUT2D eigenvalue weighted by atomic mass is 16.3. The van der Waals surface area contributed by atoms with Gasteiger partial charge in [-0.3, -0.25) is 0 Å². The van der Waals surface area contributed by atoms with E-state index < -0.39 is 0 Å². The molecule has 1 heterocycles. The summed E-state index contributed by atoms with van der Waals surface area (Å²) in [6, 6.07) is 3.38. The van der Waals surface area contributed by atoms with Gasteiger partial charge in [0, 0.05) is 5.69 Å². The fraction of sp³-hybridized carbons (Fsp3) is 0.444. The zero-order valence-electron chi connectivity index (χ0n) is 7.41. The van der Waals surface area contributed by atoms with E-state index in [1.165, 1.54) is 0 Å². The number of anilines is 1. The lowest BCUT2D eigenvalue weighted by atomic mass is 10.1. The van der Waals surface area contributed by atoms with Gasteiger partial charge in [0.15, 0.2) is 11.6 Å². The lowest BCUT2D eigenvalue weighted by molar-refractivity contribution is 0.475. The van der Waals surface area contributed by atoms with Crippen LogP contribution in [-0.2, 0) is 6.42 Å². The van der Waals surface area contributed by atoms with Crippen molar-refractivity contribution in [2.45, 2.75) is 20.3 Å². The van der Waals surface area contributed by atoms with Gasteiger partial charge < -0.3 is 10.8 Å². The van der Waals surface area contributed by atoms with Crippen molar-refractivity contribution in [3.63, 3.8) is 0 Å². The lowest BCUT2D eigenvalue weighted by Gasteiger charge is -2.05. The lowest BCUT2D eigenvalue weighted by Crippen LogP contribution is -1.99. The van der Waals surface area contributed by atoms with E-state index >= 15 is 0 Å². The SMILES string of the molecule is CC(C)Cc1ccc(O)c(N)n1. The highest BCUT2D eigenvalue weighted by molar-refractivity contribution is 5.44. The minimum absolute atomic E-state index is 0.0579. The van der Waals surface area contributed by atoms with Crippen LogP contribution in [0.15, 0.2) is 12.1 Å². The van der Waals surface area contributed by atoms with Crippen molar-refractivity contribution < 1.29 is 5.11 Å². The van der Waals surface area contributed by atoms with Gasteiger partial charge in [-0.05, 0) is 24.5 Å². The summed E-state index contributed by atoms with van der Waals surface area (Å²) in [7, 11) is 0. The fourth-order valence-electron chi connectivity index (χ4n) is 1.04. The van der Waals surface area contributed by atoms with Crippen molar-refractivity contribution >= 4 is 5.82 Å². The van der Waals surface area contributed by atoms with Crippen molar-refractivity contribution in [3.8, 4) is 5.75 Å². The van der Waals surface area contributed by atoms with Crippen LogP contribution in [0.2, 0.25) is 0 Å². The number of hydrogen-bond donors (Lipinski definition) is 2. The Kier molecular flexibility index (Phi) is 2.53. The van der Waals surface area contributed by atoms with Crippen LogP contribution in [-0.4, -0.2) is 10.1 Å². The summed E-state index contributed by atoms with van der Waals surface area (Å²) in [4.78, 5) is 4.04. The summed E-state index contributed by atoms with van der Waals surface area (Å²) in [6.07, 6.45) is 0.893. The number of hydrogen-bond acceptors (Lipinski definition) is 3. The zero-order chi connectivity index (χ0) is 9.14. The second-order valence-corrected chi connectivity index (χ2v) is 3.30. The number of aromatic hydroxyl groups is 1. The Morgan fingerprint density at radius 1 is 1.50 bits per heavy atom. The molecule has 66 valence electrons. The Bertz CT molecular complexity index is 271. The van der Waals surface area contributed by atoms with Crippen molar-refractivity contribution in [3.05, 3.63) is 17.8 Å². The molecule has 3 N–H and O–H groups in total. The third-order valence-electron chi connectivity index (χ3n) is 1.58. The second-order valence-electron chi connectivity index (χ2n) is 3.30. The Morgan fingerprint density at radius 3 is 2.67 bits per heavy atom. The Balaban J connectivity index is 2.82. The molecule has 0 saturated heterocycles. The normalized spacial score (nSPS) is 10.6. The van der Waals surface area contributed by atoms with Crippen LogP contribution in [0, 0.1) is 5.92 Å². The first-order valence-corrected chi connectivity index (χ1v) is 4.04. The molecule has 0 bridgehead atoms. The van der Waals surface area contributed by atoms with Gasteiger partial charge in [0.2, 0.25) is 0 Å². The summed E-state index contributed by atoms with van der Waals surface area (Å²) in [5.74, 6) is 0.831. The average molecular weight is 166 g/mol. The minimum atomic E-state index is 0.0579. The number of pyridine rings is 1. The predicted octanol–water partition coefficient (Wildman–Crippen LogP) is 1.57. The molecule has 1 aromatic heterocycles. The predicted molar refractivity (Wildman–Crippen MR) is 48.9 cm³/mol. The van der Waals surface area contributed by atoms with E-state index in [4.69, 9.17) is 10.8 Å². The van der Waals surface area contributed by atoms with E-state index in [0.29, 0.717) is 5.92 Å². The van der Waals surface area contributed by atoms with Crippen LogP contribution in [0.5, 0.6) is 5.75 Å². The monoisotopic (exact) mass is 166 g/mol. The van der Waals surface area contributed by atoms with Crippen molar-refractivity contribution in [1.82, 2.24) is 4.98 Å². The summed E-state index contributed by atoms with van der Waals surface area (Å²) in [6.45, 7) is 4.23. The molecule has 3 nitrogen and oxygen atoms in total. The van der Waals surface area contributed by atoms with Gasteiger partial charge in [-0.25, -0.2) is 4.98 Å². The van der Waals surface area contributed by atoms with E-state index in [1.807, 2.05) is 0 Å². The summed E-state index contributed by atoms with van der Waals surface area (Å²) < 4.78 is 0. The topological polar surface area (TPSA) is 59.1 Å². The van der Waals surface area contributed by atoms with Crippen LogP contribution in [0.1, 0.15) is 19.5 Å². The molecule has 0 fully saturated rings. The molecule has 0 saturated carbocycles. The number of nitrogens with two attached hydrogens (primary N) is 1. The van der Waals surface area contributed by atoms with Crippen LogP contribution in [0.4, 0.5) is 5.82 Å². The fourth-order valence-corrected chi connectivity index (χ4v) is 1.04. The highest BCUT2D eigenvalue weighted by Gasteiger charge is 2.02. The number of rotatable bonds is 2. The van der Waals surface area contributed by atoms with Gasteiger partial charge >= 0.3 is 0 Å². The second kappa shape index (κ2) is 3.43. The molecule has 0 spiro atoms. The third-order valence-corrected chi connectivity index (χ3v) is 1.58. The largest absolute Gasteiger partial charge is 0.504 e. The van der Waals surface area contributed by atoms with Gasteiger partial charge in [-0.15, -0.1) is 0 Å². The summed E-state index contributed by atoms with van der Waals surface area (Å²) >= 11 is 0. The van der Waals surface area contributed by atoms with E-state index in [1.54, 1.807) is 12.1 Å². The Morgan fingerprint density at radius 2 is 2.17 bits per heavy atom. The van der Waals surface area contributed by atoms with Crippen molar-refractivity contribution in [1.29, 1.82) is 0 Å². The summed E-state index contributed by atoms with van der Waals surface area (Å²) in [5.41, 5.74) is 6.37. The van der Waals surface area contributed by atoms with Crippen LogP contribution in [0.3, 0.4) is 0 Å². The van der Waals surface area contributed by atoms with E-state index in [-0.39, 0.29) is 11.6 Å². The third kappa shape index (κ3) is 2.12. The highest BCUT2D eigenvalue weighted by Crippen LogP contribution is 2.17. The first-order chi connectivity index (χ1) is 5.59. The molecule has 1 aromatic rings. The van der Waals surface area contributed by atoms with Gasteiger partial charge in [-0.1, -0.05) is 13.8 Å². The standard InChI is InChI=1S/C9H14N2O/c1-6(2)5-7-3-4-8(12)9(10)11-7/h3-4,6,12H,5H2,1-2H3,(H2,10,11). The van der Waals surface area contributed by atoms with E-state index in [2.05, 4.69) is 18.8 Å². The van der Waals surface area contributed by atoms with Crippen molar-refractivity contribution in [2.75, 3.05) is 5.73 Å². The maximum atomic E-state index is 9.09. The van der Waals surface area contributed by atoms with E-state index in [9.17, 15) is 0 Å². The molecule has 0 atom stereocenters. The quantitative estimate of drug-likeness (QED) is 0.701. The minimum Gasteiger partial charge on any atom is -0.504 e. The molecule has 1 rings (SSSR count). The van der Waals surface area contributed by atoms with Gasteiger partial charge in [0.25, 0.3) is 0 Å². The molecular weight excluding hydrogens is 152 g/mol. The molecule has 0 radical (unpaired) electrons. The van der Waals surface area contributed by atoms with E-state index in [0.717, 1.165) is 12.1 Å². The zero-order valence-corrected chi connectivity index (χ0v) is 7.41. The number of nitrogens with zero attached hydrogens (tertiary/aromatic N) is 1. The molecule has 0 aliphatic rings. The average Bonchev–Trinajstić information content (AvgIpc) is 1.96. The van der Waals surface area contributed by atoms with Crippen LogP contribution >= 0.6 is 0 Å². The molecule has 0 unspecified atom stereocenters. The van der Waals surface area contributed by atoms with Gasteiger partial charge in [0.05, 0.1) is 0 Å². The molecule has 0 aromatic carbocycles. The molecular formula is C9H14N2O. The smallest absolute Gasteiger partial charge is 0.166 e.